The van der Waals surface area contributed by atoms with E-state index in [2.05, 4.69) is 62.3 Å². The van der Waals surface area contributed by atoms with E-state index in [9.17, 15) is 26.3 Å². The molecule has 0 aliphatic carbocycles. The predicted molar refractivity (Wildman–Crippen MR) is 197 cm³/mol. The summed E-state index contributed by atoms with van der Waals surface area (Å²) in [4.78, 5) is -0.383. The van der Waals surface area contributed by atoms with Crippen molar-refractivity contribution in [3.8, 4) is 0 Å². The van der Waals surface area contributed by atoms with E-state index in [1.165, 1.54) is 51.4 Å². The summed E-state index contributed by atoms with van der Waals surface area (Å²) in [5, 5.41) is 6.54. The molecule has 0 fully saturated rings. The number of alkyl halides is 1. The van der Waals surface area contributed by atoms with Crippen molar-refractivity contribution in [2.24, 2.45) is 23.7 Å². The molecule has 8 heteroatoms. The van der Waals surface area contributed by atoms with E-state index >= 15 is 0 Å². The fourth-order valence-corrected chi connectivity index (χ4v) is 17.8. The Morgan fingerprint density at radius 2 is 0.771 bits per heavy atom. The smallest absolute Gasteiger partial charge is 0.225 e. The van der Waals surface area contributed by atoms with Crippen molar-refractivity contribution in [3.63, 3.8) is 0 Å². The molecule has 0 bridgehead atoms. The lowest BCUT2D eigenvalue weighted by Crippen LogP contribution is -3.07. The molecule has 0 heterocycles. The molecular weight excluding hydrogens is 635 g/mol. The maximum atomic E-state index is 13.6. The Labute approximate surface area is 295 Å². The first kappa shape index (κ1) is 47.3. The van der Waals surface area contributed by atoms with Crippen LogP contribution in [-0.4, -0.2) is 26.4 Å². The van der Waals surface area contributed by atoms with Crippen molar-refractivity contribution < 1.29 is 31.2 Å². The summed E-state index contributed by atoms with van der Waals surface area (Å²) in [6.07, 6.45) is 17.7. The summed E-state index contributed by atoms with van der Waals surface area (Å²) in [7, 11) is 0. The first-order valence-electron chi connectivity index (χ1n) is 19.9. The van der Waals surface area contributed by atoms with E-state index in [1.54, 1.807) is 21.1 Å². The van der Waals surface area contributed by atoms with Gasteiger partial charge >= 0.3 is 0 Å². The molecule has 1 aromatic carbocycles. The lowest BCUT2D eigenvalue weighted by Gasteiger charge is -2.44. The average molecular weight is 710 g/mol. The van der Waals surface area contributed by atoms with Gasteiger partial charge in [0.2, 0.25) is 41.6 Å². The SMILES string of the molecule is CCCC(C)[CH2][Al-]([CH2]C(C)CCC)([CH2]C(C)CCC)[CH2]C(C)CCC.CCCCCCCCC[NH+](CF)c1c(F)c(F)c(F)c(F)c1F. The van der Waals surface area contributed by atoms with Crippen molar-refractivity contribution in [1.82, 2.24) is 0 Å². The molecule has 0 saturated carbocycles. The van der Waals surface area contributed by atoms with E-state index in [-0.39, 0.29) is 11.4 Å². The first-order valence-corrected chi connectivity index (χ1v) is 23.2. The van der Waals surface area contributed by atoms with Gasteiger partial charge in [0.05, 0.1) is 6.54 Å². The maximum Gasteiger partial charge on any atom is 0.225 e. The summed E-state index contributed by atoms with van der Waals surface area (Å²) < 4.78 is 79.6. The number of unbranched alkanes of at least 4 members (excludes halogenated alkanes) is 6. The van der Waals surface area contributed by atoms with Crippen LogP contribution >= 0.6 is 0 Å². The zero-order valence-electron chi connectivity index (χ0n) is 32.5. The molecule has 0 aliphatic heterocycles. The third kappa shape index (κ3) is 18.0. The fourth-order valence-electron chi connectivity index (χ4n) is 8.90. The van der Waals surface area contributed by atoms with Gasteiger partial charge in [-0.2, -0.15) is 34.3 Å². The second kappa shape index (κ2) is 27.0. The topological polar surface area (TPSA) is 4.44 Å². The van der Waals surface area contributed by atoms with E-state index in [0.29, 0.717) is 6.42 Å². The number of halogens is 6. The van der Waals surface area contributed by atoms with Crippen molar-refractivity contribution in [2.75, 3.05) is 13.3 Å². The van der Waals surface area contributed by atoms with Gasteiger partial charge in [0.25, 0.3) is 0 Å². The highest BCUT2D eigenvalue weighted by Gasteiger charge is 2.35. The Hall–Kier alpha value is -0.708. The molecule has 5 unspecified atom stereocenters. The quantitative estimate of drug-likeness (QED) is 0.0244. The minimum atomic E-state index is -2.22. The van der Waals surface area contributed by atoms with Crippen LogP contribution in [0.1, 0.15) is 159 Å². The van der Waals surface area contributed by atoms with Gasteiger partial charge in [-0.3, -0.25) is 4.90 Å². The molecule has 1 nitrogen and oxygen atoms in total. The van der Waals surface area contributed by atoms with Crippen LogP contribution in [0.3, 0.4) is 0 Å². The highest BCUT2D eigenvalue weighted by atomic mass is 27.2. The lowest BCUT2D eigenvalue weighted by atomic mass is 10.1. The van der Waals surface area contributed by atoms with E-state index in [1.807, 2.05) is 0 Å². The monoisotopic (exact) mass is 710 g/mol. The molecule has 0 spiro atoms. The summed E-state index contributed by atoms with van der Waals surface area (Å²) in [5.41, 5.74) is -1.12. The minimum absolute atomic E-state index is 0.0252. The molecule has 0 amide bonds. The predicted octanol–water partition coefficient (Wildman–Crippen LogP) is 13.8. The molecule has 0 radical (unpaired) electrons. The molecule has 1 aromatic rings. The van der Waals surface area contributed by atoms with Crippen LogP contribution in [0.5, 0.6) is 0 Å². The second-order valence-electron chi connectivity index (χ2n) is 15.8. The summed E-state index contributed by atoms with van der Waals surface area (Å²) in [5.74, 6) is -6.36. The standard InChI is InChI=1S/C16H21F6N.4C6H13.Al/c1-2-3-4-5-6-7-8-9-23(10-17)16-14(21)12(19)11(18)13(20)15(16)22;4*1-4-5-6(2)3;/h2-10H2,1H3;4*6H,2,4-5H2,1,3H3;/q;;;;;-1/p+1. The minimum Gasteiger partial charge on any atom is -0.271 e. The summed E-state index contributed by atoms with van der Waals surface area (Å²) >= 11 is -1.55. The molecule has 0 aliphatic rings. The number of hydrogen-bond acceptors (Lipinski definition) is 0. The van der Waals surface area contributed by atoms with Gasteiger partial charge in [-0.05, 0) is 12.8 Å². The van der Waals surface area contributed by atoms with Gasteiger partial charge in [0, 0.05) is 0 Å². The molecule has 48 heavy (non-hydrogen) atoms. The van der Waals surface area contributed by atoms with Crippen LogP contribution < -0.4 is 4.90 Å². The fraction of sp³-hybridized carbons (Fsp3) is 0.850. The van der Waals surface area contributed by atoms with Crippen LogP contribution in [0.15, 0.2) is 0 Å². The van der Waals surface area contributed by atoms with Gasteiger partial charge in [-0.25, -0.2) is 13.2 Å². The summed E-state index contributed by atoms with van der Waals surface area (Å²) in [6.45, 7) is 20.6. The van der Waals surface area contributed by atoms with Gasteiger partial charge in [-0.15, -0.1) is 0 Å². The maximum absolute atomic E-state index is 13.6. The van der Waals surface area contributed by atoms with E-state index < -0.39 is 54.6 Å². The first-order chi connectivity index (χ1) is 22.8. The van der Waals surface area contributed by atoms with Crippen LogP contribution in [0.4, 0.5) is 32.0 Å². The normalized spacial score (nSPS) is 16.1. The number of quaternary nitrogens is 1. The zero-order valence-corrected chi connectivity index (χ0v) is 33.7. The highest BCUT2D eigenvalue weighted by Crippen LogP contribution is 2.41. The van der Waals surface area contributed by atoms with Crippen molar-refractivity contribution in [2.45, 2.75) is 180 Å². The van der Waals surface area contributed by atoms with Gasteiger partial charge in [0.1, 0.15) is 13.1 Å². The Bertz CT molecular complexity index is 870. The molecular formula is C40H74AlF6N. The molecule has 5 atom stereocenters. The van der Waals surface area contributed by atoms with Crippen LogP contribution in [0.25, 0.3) is 0 Å². The Balaban J connectivity index is 0.000000923. The van der Waals surface area contributed by atoms with E-state index in [0.717, 1.165) is 62.2 Å². The van der Waals surface area contributed by atoms with Crippen molar-refractivity contribution in [1.29, 1.82) is 0 Å². The third-order valence-corrected chi connectivity index (χ3v) is 17.8. The van der Waals surface area contributed by atoms with E-state index in [4.69, 9.17) is 0 Å². The molecule has 0 aromatic heterocycles. The number of rotatable bonds is 26. The number of nitrogens with one attached hydrogen (secondary N) is 1. The molecule has 1 rings (SSSR count). The van der Waals surface area contributed by atoms with Crippen LogP contribution in [0.2, 0.25) is 21.1 Å². The van der Waals surface area contributed by atoms with Gasteiger partial charge < -0.3 is 0 Å². The summed E-state index contributed by atoms with van der Waals surface area (Å²) in [6, 6.07) is 0. The lowest BCUT2D eigenvalue weighted by molar-refractivity contribution is -0.849. The number of hydrogen-bond donors (Lipinski definition) is 1. The molecule has 0 saturated heterocycles. The Kier molecular flexibility index (Phi) is 26.6. The highest BCUT2D eigenvalue weighted by molar-refractivity contribution is 6.80. The Morgan fingerprint density at radius 1 is 0.458 bits per heavy atom. The number of benzene rings is 1. The second-order valence-corrected chi connectivity index (χ2v) is 21.2. The largest absolute Gasteiger partial charge is 0.271 e. The third-order valence-electron chi connectivity index (χ3n) is 10.5. The zero-order chi connectivity index (χ0) is 36.7. The Morgan fingerprint density at radius 3 is 1.08 bits per heavy atom. The molecule has 1 N–H and O–H groups in total. The van der Waals surface area contributed by atoms with Crippen molar-refractivity contribution >= 4 is 18.8 Å². The molecule has 284 valence electrons. The van der Waals surface area contributed by atoms with Gasteiger partial charge in [-0.1, -0.05) is 169 Å². The van der Waals surface area contributed by atoms with Crippen molar-refractivity contribution in [3.05, 3.63) is 29.1 Å². The average Bonchev–Trinajstić information content (AvgIpc) is 3.02. The van der Waals surface area contributed by atoms with Crippen LogP contribution in [0, 0.1) is 52.8 Å². The van der Waals surface area contributed by atoms with Crippen LogP contribution in [-0.2, 0) is 0 Å². The van der Waals surface area contributed by atoms with Gasteiger partial charge in [0.15, 0.2) is 0 Å².